The van der Waals surface area contributed by atoms with Crippen molar-refractivity contribution in [1.82, 2.24) is 15.1 Å². The second kappa shape index (κ2) is 8.28. The van der Waals surface area contributed by atoms with Crippen LogP contribution in [0.4, 0.5) is 4.39 Å². The summed E-state index contributed by atoms with van der Waals surface area (Å²) in [6.45, 7) is 0.716. The number of amides is 1. The van der Waals surface area contributed by atoms with E-state index in [-0.39, 0.29) is 22.7 Å². The first-order chi connectivity index (χ1) is 13.0. The summed E-state index contributed by atoms with van der Waals surface area (Å²) in [5, 5.41) is 8.26. The summed E-state index contributed by atoms with van der Waals surface area (Å²) in [5.74, 6) is -0.977. The Morgan fingerprint density at radius 3 is 2.70 bits per heavy atom. The van der Waals surface area contributed by atoms with Gasteiger partial charge in [0.2, 0.25) is 0 Å². The monoisotopic (exact) mass is 389 g/mol. The Balaban J connectivity index is 1.90. The maximum atomic E-state index is 13.2. The predicted octanol–water partition coefficient (Wildman–Crippen LogP) is 2.77. The Bertz CT molecular complexity index is 1050. The molecule has 1 heterocycles. The molecule has 0 aliphatic rings. The number of nitrogens with one attached hydrogen (secondary N) is 1. The summed E-state index contributed by atoms with van der Waals surface area (Å²) in [4.78, 5) is 24.9. The van der Waals surface area contributed by atoms with Crippen LogP contribution in [0.5, 0.6) is 0 Å². The number of hydrogen-bond acceptors (Lipinski definition) is 4. The van der Waals surface area contributed by atoms with E-state index in [2.05, 4.69) is 10.4 Å². The fraction of sp³-hybridized carbons (Fsp3) is 0.211. The molecule has 1 N–H and O–H groups in total. The lowest BCUT2D eigenvalue weighted by molar-refractivity contribution is 0.0950. The van der Waals surface area contributed by atoms with Crippen LogP contribution in [0.2, 0.25) is 5.02 Å². The van der Waals surface area contributed by atoms with Gasteiger partial charge in [-0.1, -0.05) is 29.8 Å². The lowest BCUT2D eigenvalue weighted by Crippen LogP contribution is -2.29. The Kier molecular flexibility index (Phi) is 5.83. The summed E-state index contributed by atoms with van der Waals surface area (Å²) in [7, 11) is 1.54. The van der Waals surface area contributed by atoms with Crippen LogP contribution in [-0.2, 0) is 17.8 Å². The zero-order valence-electron chi connectivity index (χ0n) is 14.5. The first-order valence-corrected chi connectivity index (χ1v) is 8.60. The van der Waals surface area contributed by atoms with Crippen molar-refractivity contribution in [2.75, 3.05) is 13.7 Å². The molecule has 0 saturated carbocycles. The fourth-order valence-corrected chi connectivity index (χ4v) is 2.95. The second-order valence-electron chi connectivity index (χ2n) is 5.82. The van der Waals surface area contributed by atoms with E-state index in [1.807, 2.05) is 0 Å². The summed E-state index contributed by atoms with van der Waals surface area (Å²) < 4.78 is 19.5. The second-order valence-corrected chi connectivity index (χ2v) is 6.23. The van der Waals surface area contributed by atoms with Gasteiger partial charge in [0, 0.05) is 12.5 Å². The minimum atomic E-state index is -0.519. The van der Waals surface area contributed by atoms with Crippen molar-refractivity contribution in [1.29, 1.82) is 0 Å². The number of hydrogen-bond donors (Lipinski definition) is 1. The smallest absolute Gasteiger partial charge is 0.274 e. The first-order valence-electron chi connectivity index (χ1n) is 8.22. The van der Waals surface area contributed by atoms with Gasteiger partial charge in [-0.2, -0.15) is 5.10 Å². The molecule has 8 heteroatoms. The minimum absolute atomic E-state index is 0.0235. The molecule has 0 atom stereocenters. The van der Waals surface area contributed by atoms with Crippen LogP contribution in [0.1, 0.15) is 16.1 Å². The van der Waals surface area contributed by atoms with Crippen LogP contribution in [-0.4, -0.2) is 29.4 Å². The van der Waals surface area contributed by atoms with Crippen LogP contribution in [0, 0.1) is 5.82 Å². The number of carbonyl (C=O) groups is 1. The molecule has 27 heavy (non-hydrogen) atoms. The van der Waals surface area contributed by atoms with Crippen LogP contribution >= 0.6 is 11.6 Å². The van der Waals surface area contributed by atoms with E-state index < -0.39 is 11.7 Å². The zero-order chi connectivity index (χ0) is 19.4. The van der Waals surface area contributed by atoms with Crippen molar-refractivity contribution < 1.29 is 13.9 Å². The average molecular weight is 390 g/mol. The molecule has 0 aliphatic carbocycles. The number of aromatic nitrogens is 2. The molecule has 3 aromatic rings. The van der Waals surface area contributed by atoms with Gasteiger partial charge in [0.1, 0.15) is 5.82 Å². The number of methoxy groups -OCH3 is 1. The molecular weight excluding hydrogens is 373 g/mol. The van der Waals surface area contributed by atoms with Crippen molar-refractivity contribution in [2.24, 2.45) is 0 Å². The number of ether oxygens (including phenoxy) is 1. The lowest BCUT2D eigenvalue weighted by Gasteiger charge is -2.12. The number of fused-ring (bicyclic) bond motifs is 1. The average Bonchev–Trinajstić information content (AvgIpc) is 2.66. The summed E-state index contributed by atoms with van der Waals surface area (Å²) in [6.07, 6.45) is 0. The normalized spacial score (nSPS) is 10.9. The van der Waals surface area contributed by atoms with Gasteiger partial charge in [0.05, 0.1) is 41.4 Å². The van der Waals surface area contributed by atoms with Crippen LogP contribution in [0.3, 0.4) is 0 Å². The Morgan fingerprint density at radius 2 is 2.00 bits per heavy atom. The van der Waals surface area contributed by atoms with Crippen molar-refractivity contribution in [3.8, 4) is 0 Å². The van der Waals surface area contributed by atoms with Crippen molar-refractivity contribution >= 4 is 28.3 Å². The molecule has 0 aliphatic heterocycles. The molecule has 0 fully saturated rings. The molecule has 0 radical (unpaired) electrons. The molecule has 1 aromatic heterocycles. The third-order valence-corrected chi connectivity index (χ3v) is 4.36. The SMILES string of the molecule is COCCn1nc(CNC(=O)c2ccc(F)cc2Cl)c2ccccc2c1=O. The van der Waals surface area contributed by atoms with Gasteiger partial charge in [0.25, 0.3) is 11.5 Å². The lowest BCUT2D eigenvalue weighted by atomic mass is 10.1. The number of nitrogens with zero attached hydrogens (tertiary/aromatic N) is 2. The van der Waals surface area contributed by atoms with Crippen LogP contribution < -0.4 is 10.9 Å². The molecular formula is C19H17ClFN3O3. The van der Waals surface area contributed by atoms with Crippen LogP contribution in [0.15, 0.2) is 47.3 Å². The Labute approximate surface area is 159 Å². The first kappa shape index (κ1) is 19.0. The molecule has 0 unspecified atom stereocenters. The maximum Gasteiger partial charge on any atom is 0.274 e. The summed E-state index contributed by atoms with van der Waals surface area (Å²) in [6, 6.07) is 10.6. The molecule has 1 amide bonds. The molecule has 2 aromatic carbocycles. The third kappa shape index (κ3) is 4.15. The molecule has 0 bridgehead atoms. The molecule has 0 saturated heterocycles. The quantitative estimate of drug-likeness (QED) is 0.703. The van der Waals surface area contributed by atoms with E-state index in [9.17, 15) is 14.0 Å². The molecule has 6 nitrogen and oxygen atoms in total. The van der Waals surface area contributed by atoms with E-state index >= 15 is 0 Å². The van der Waals surface area contributed by atoms with E-state index in [1.165, 1.54) is 16.8 Å². The van der Waals surface area contributed by atoms with Gasteiger partial charge in [-0.3, -0.25) is 9.59 Å². The van der Waals surface area contributed by atoms with Crippen molar-refractivity contribution in [2.45, 2.75) is 13.1 Å². The van der Waals surface area contributed by atoms with Crippen LogP contribution in [0.25, 0.3) is 10.8 Å². The summed E-state index contributed by atoms with van der Waals surface area (Å²) >= 11 is 5.93. The topological polar surface area (TPSA) is 73.2 Å². The molecule has 140 valence electrons. The summed E-state index contributed by atoms with van der Waals surface area (Å²) in [5.41, 5.74) is 0.474. The number of halogens is 2. The largest absolute Gasteiger partial charge is 0.383 e. The van der Waals surface area contributed by atoms with E-state index in [1.54, 1.807) is 31.4 Å². The standard InChI is InChI=1S/C19H17ClFN3O3/c1-27-9-8-24-19(26)14-5-3-2-4-13(14)17(23-24)11-22-18(25)15-7-6-12(21)10-16(15)20/h2-7,10H,8-9,11H2,1H3,(H,22,25). The molecule has 0 spiro atoms. The fourth-order valence-electron chi connectivity index (χ4n) is 2.70. The predicted molar refractivity (Wildman–Crippen MR) is 100 cm³/mol. The Hall–Kier alpha value is -2.77. The van der Waals surface area contributed by atoms with Crippen molar-refractivity contribution in [3.05, 3.63) is 74.9 Å². The van der Waals surface area contributed by atoms with E-state index in [0.29, 0.717) is 29.6 Å². The number of benzene rings is 2. The molecule has 3 rings (SSSR count). The minimum Gasteiger partial charge on any atom is -0.383 e. The van der Waals surface area contributed by atoms with Gasteiger partial charge >= 0.3 is 0 Å². The van der Waals surface area contributed by atoms with Gasteiger partial charge in [-0.05, 0) is 24.3 Å². The number of rotatable bonds is 6. The van der Waals surface area contributed by atoms with Crippen molar-refractivity contribution in [3.63, 3.8) is 0 Å². The van der Waals surface area contributed by atoms with Gasteiger partial charge in [0.15, 0.2) is 0 Å². The highest BCUT2D eigenvalue weighted by Crippen LogP contribution is 2.18. The highest BCUT2D eigenvalue weighted by Gasteiger charge is 2.14. The van der Waals surface area contributed by atoms with E-state index in [0.717, 1.165) is 6.07 Å². The Morgan fingerprint density at radius 1 is 1.26 bits per heavy atom. The zero-order valence-corrected chi connectivity index (χ0v) is 15.3. The van der Waals surface area contributed by atoms with Gasteiger partial charge < -0.3 is 10.1 Å². The number of carbonyl (C=O) groups excluding carboxylic acids is 1. The maximum absolute atomic E-state index is 13.2. The van der Waals surface area contributed by atoms with E-state index in [4.69, 9.17) is 16.3 Å². The highest BCUT2D eigenvalue weighted by atomic mass is 35.5. The highest BCUT2D eigenvalue weighted by molar-refractivity contribution is 6.33. The van der Waals surface area contributed by atoms with Gasteiger partial charge in [-0.15, -0.1) is 0 Å². The van der Waals surface area contributed by atoms with Gasteiger partial charge in [-0.25, -0.2) is 9.07 Å². The third-order valence-electron chi connectivity index (χ3n) is 4.04.